The number of hydrogen-bond acceptors (Lipinski definition) is 2. The van der Waals surface area contributed by atoms with Crippen LogP contribution in [0.25, 0.3) is 11.1 Å². The number of benzene rings is 3. The Morgan fingerprint density at radius 2 is 1.65 bits per heavy atom. The van der Waals surface area contributed by atoms with Crippen LogP contribution in [0, 0.1) is 0 Å². The molecule has 3 aromatic carbocycles. The van der Waals surface area contributed by atoms with E-state index in [4.69, 9.17) is 9.84 Å². The fourth-order valence-electron chi connectivity index (χ4n) is 3.09. The third kappa shape index (κ3) is 4.31. The summed E-state index contributed by atoms with van der Waals surface area (Å²) in [6.45, 7) is 2.63. The van der Waals surface area contributed by atoms with Crippen LogP contribution in [0.4, 0.5) is 0 Å². The van der Waals surface area contributed by atoms with Gasteiger partial charge in [0.2, 0.25) is 0 Å². The van der Waals surface area contributed by atoms with Gasteiger partial charge >= 0.3 is 5.97 Å². The highest BCUT2D eigenvalue weighted by Crippen LogP contribution is 2.32. The van der Waals surface area contributed by atoms with Crippen molar-refractivity contribution in [1.29, 1.82) is 0 Å². The van der Waals surface area contributed by atoms with Crippen molar-refractivity contribution < 1.29 is 14.6 Å². The molecule has 0 heterocycles. The molecule has 0 fully saturated rings. The molecule has 3 nitrogen and oxygen atoms in total. The number of hydrogen-bond donors (Lipinski definition) is 1. The maximum atomic E-state index is 11.0. The van der Waals surface area contributed by atoms with E-state index in [2.05, 4.69) is 13.0 Å². The van der Waals surface area contributed by atoms with E-state index in [1.54, 1.807) is 0 Å². The Balaban J connectivity index is 1.89. The largest absolute Gasteiger partial charge is 0.489 e. The second kappa shape index (κ2) is 8.34. The van der Waals surface area contributed by atoms with E-state index in [9.17, 15) is 4.79 Å². The third-order valence-electron chi connectivity index (χ3n) is 4.32. The van der Waals surface area contributed by atoms with Crippen LogP contribution >= 0.6 is 0 Å². The lowest BCUT2D eigenvalue weighted by molar-refractivity contribution is -0.136. The SMILES string of the molecule is CCc1c(OCc2ccccc2)cccc1-c1cccc(CC(=O)O)c1. The van der Waals surface area contributed by atoms with Crippen LogP contribution in [-0.4, -0.2) is 11.1 Å². The Bertz CT molecular complexity index is 885. The van der Waals surface area contributed by atoms with Gasteiger partial charge in [-0.2, -0.15) is 0 Å². The van der Waals surface area contributed by atoms with E-state index in [0.29, 0.717) is 6.61 Å². The predicted octanol–water partition coefficient (Wildman–Crippen LogP) is 5.12. The third-order valence-corrected chi connectivity index (χ3v) is 4.32. The monoisotopic (exact) mass is 346 g/mol. The second-order valence-corrected chi connectivity index (χ2v) is 6.18. The lowest BCUT2D eigenvalue weighted by Crippen LogP contribution is -2.01. The average Bonchev–Trinajstić information content (AvgIpc) is 2.66. The molecule has 0 aliphatic rings. The minimum Gasteiger partial charge on any atom is -0.489 e. The van der Waals surface area contributed by atoms with Crippen molar-refractivity contribution >= 4 is 5.97 Å². The van der Waals surface area contributed by atoms with Crippen molar-refractivity contribution in [1.82, 2.24) is 0 Å². The highest BCUT2D eigenvalue weighted by molar-refractivity contribution is 5.74. The molecule has 3 heteroatoms. The van der Waals surface area contributed by atoms with Gasteiger partial charge in [0.15, 0.2) is 0 Å². The molecule has 132 valence electrons. The molecule has 0 aromatic heterocycles. The summed E-state index contributed by atoms with van der Waals surface area (Å²) in [4.78, 5) is 11.0. The molecule has 0 radical (unpaired) electrons. The normalized spacial score (nSPS) is 10.5. The van der Waals surface area contributed by atoms with Crippen molar-refractivity contribution in [3.05, 3.63) is 89.5 Å². The molecule has 0 bridgehead atoms. The van der Waals surface area contributed by atoms with Crippen LogP contribution < -0.4 is 4.74 Å². The van der Waals surface area contributed by atoms with Gasteiger partial charge < -0.3 is 9.84 Å². The highest BCUT2D eigenvalue weighted by atomic mass is 16.5. The molecule has 3 rings (SSSR count). The Kier molecular flexibility index (Phi) is 5.69. The molecule has 3 aromatic rings. The lowest BCUT2D eigenvalue weighted by Gasteiger charge is -2.15. The molecule has 0 amide bonds. The highest BCUT2D eigenvalue weighted by Gasteiger charge is 2.11. The molecule has 0 unspecified atom stereocenters. The summed E-state index contributed by atoms with van der Waals surface area (Å²) in [7, 11) is 0. The first-order valence-corrected chi connectivity index (χ1v) is 8.77. The number of carbonyl (C=O) groups is 1. The van der Waals surface area contributed by atoms with Crippen LogP contribution in [0.1, 0.15) is 23.6 Å². The number of carboxylic acids is 1. The minimum absolute atomic E-state index is 0.0273. The van der Waals surface area contributed by atoms with Gasteiger partial charge in [0.1, 0.15) is 12.4 Å². The van der Waals surface area contributed by atoms with Crippen LogP contribution in [0.5, 0.6) is 5.75 Å². The van der Waals surface area contributed by atoms with Crippen molar-refractivity contribution in [3.8, 4) is 16.9 Å². The molecule has 1 N–H and O–H groups in total. The quantitative estimate of drug-likeness (QED) is 0.646. The van der Waals surface area contributed by atoms with Gasteiger partial charge in [-0.25, -0.2) is 0 Å². The summed E-state index contributed by atoms with van der Waals surface area (Å²) in [5.41, 5.74) is 5.17. The van der Waals surface area contributed by atoms with E-state index < -0.39 is 5.97 Å². The van der Waals surface area contributed by atoms with Gasteiger partial charge in [0, 0.05) is 5.56 Å². The van der Waals surface area contributed by atoms with Gasteiger partial charge in [-0.05, 0) is 34.7 Å². The Hall–Kier alpha value is -3.07. The van der Waals surface area contributed by atoms with Crippen molar-refractivity contribution in [2.45, 2.75) is 26.4 Å². The topological polar surface area (TPSA) is 46.5 Å². The Labute approximate surface area is 153 Å². The zero-order chi connectivity index (χ0) is 18.4. The Morgan fingerprint density at radius 3 is 2.38 bits per heavy atom. The van der Waals surface area contributed by atoms with E-state index in [1.807, 2.05) is 66.7 Å². The molecular weight excluding hydrogens is 324 g/mol. The first-order chi connectivity index (χ1) is 12.7. The van der Waals surface area contributed by atoms with Crippen LogP contribution in [0.15, 0.2) is 72.8 Å². The van der Waals surface area contributed by atoms with Gasteiger partial charge in [-0.3, -0.25) is 4.79 Å². The summed E-state index contributed by atoms with van der Waals surface area (Å²) >= 11 is 0. The van der Waals surface area contributed by atoms with Gasteiger partial charge in [0.25, 0.3) is 0 Å². The van der Waals surface area contributed by atoms with Gasteiger partial charge in [0.05, 0.1) is 6.42 Å². The molecular formula is C23H22O3. The van der Waals surface area contributed by atoms with Crippen LogP contribution in [0.2, 0.25) is 0 Å². The van der Waals surface area contributed by atoms with Crippen LogP contribution in [0.3, 0.4) is 0 Å². The predicted molar refractivity (Wildman–Crippen MR) is 103 cm³/mol. The molecule has 0 aliphatic carbocycles. The van der Waals surface area contributed by atoms with Crippen molar-refractivity contribution in [2.24, 2.45) is 0 Å². The van der Waals surface area contributed by atoms with Gasteiger partial charge in [-0.1, -0.05) is 73.7 Å². The number of aliphatic carboxylic acids is 1. The summed E-state index contributed by atoms with van der Waals surface area (Å²) in [5, 5.41) is 9.03. The summed E-state index contributed by atoms with van der Waals surface area (Å²) in [6, 6.07) is 23.8. The minimum atomic E-state index is -0.821. The first-order valence-electron chi connectivity index (χ1n) is 8.77. The zero-order valence-corrected chi connectivity index (χ0v) is 14.8. The molecule has 0 saturated heterocycles. The van der Waals surface area contributed by atoms with Gasteiger partial charge in [-0.15, -0.1) is 0 Å². The molecule has 0 spiro atoms. The van der Waals surface area contributed by atoms with E-state index in [0.717, 1.165) is 40.0 Å². The Morgan fingerprint density at radius 1 is 0.923 bits per heavy atom. The maximum Gasteiger partial charge on any atom is 0.307 e. The number of carboxylic acid groups (broad SMARTS) is 1. The summed E-state index contributed by atoms with van der Waals surface area (Å²) < 4.78 is 6.08. The lowest BCUT2D eigenvalue weighted by atomic mass is 9.95. The maximum absolute atomic E-state index is 11.0. The first kappa shape index (κ1) is 17.7. The molecule has 0 atom stereocenters. The molecule has 0 aliphatic heterocycles. The van der Waals surface area contributed by atoms with E-state index in [1.165, 1.54) is 0 Å². The fourth-order valence-corrected chi connectivity index (χ4v) is 3.09. The van der Waals surface area contributed by atoms with Crippen molar-refractivity contribution in [3.63, 3.8) is 0 Å². The zero-order valence-electron chi connectivity index (χ0n) is 14.8. The average molecular weight is 346 g/mol. The smallest absolute Gasteiger partial charge is 0.307 e. The summed E-state index contributed by atoms with van der Waals surface area (Å²) in [5.74, 6) is 0.0512. The van der Waals surface area contributed by atoms with E-state index in [-0.39, 0.29) is 6.42 Å². The number of rotatable bonds is 7. The van der Waals surface area contributed by atoms with Crippen LogP contribution in [-0.2, 0) is 24.2 Å². The molecule has 0 saturated carbocycles. The van der Waals surface area contributed by atoms with Crippen molar-refractivity contribution in [2.75, 3.05) is 0 Å². The van der Waals surface area contributed by atoms with E-state index >= 15 is 0 Å². The summed E-state index contributed by atoms with van der Waals surface area (Å²) in [6.07, 6.45) is 0.864. The molecule has 26 heavy (non-hydrogen) atoms. The second-order valence-electron chi connectivity index (χ2n) is 6.18. The standard InChI is InChI=1S/C23H22O3/c1-2-20-21(19-11-6-10-18(14-19)15-23(24)25)12-7-13-22(20)26-16-17-8-4-3-5-9-17/h3-14H,2,15-16H2,1H3,(H,24,25). The number of ether oxygens (including phenoxy) is 1. The fraction of sp³-hybridized carbons (Fsp3) is 0.174.